The molecule has 0 N–H and O–H groups in total. The first-order valence-corrected chi connectivity index (χ1v) is 9.99. The van der Waals surface area contributed by atoms with Gasteiger partial charge in [-0.3, -0.25) is 14.6 Å². The van der Waals surface area contributed by atoms with Crippen molar-refractivity contribution < 1.29 is 4.79 Å². The Bertz CT molecular complexity index is 580. The average molecular weight is 359 g/mol. The number of piperidine rings is 1. The van der Waals surface area contributed by atoms with Crippen LogP contribution in [0.5, 0.6) is 0 Å². The minimum atomic E-state index is 0.226. The summed E-state index contributed by atoms with van der Waals surface area (Å²) in [5, 5.41) is 0. The van der Waals surface area contributed by atoms with E-state index in [9.17, 15) is 4.79 Å². The minimum absolute atomic E-state index is 0.226. The van der Waals surface area contributed by atoms with Crippen LogP contribution in [0.4, 0.5) is 5.69 Å². The largest absolute Gasteiger partial charge is 0.378 e. The molecule has 0 aliphatic carbocycles. The molecule has 1 atom stereocenters. The molecular weight excluding hydrogens is 324 g/mol. The lowest BCUT2D eigenvalue weighted by molar-refractivity contribution is -0.132. The Hall–Kier alpha value is -1.59. The van der Waals surface area contributed by atoms with E-state index in [4.69, 9.17) is 0 Å². The molecule has 1 amide bonds. The summed E-state index contributed by atoms with van der Waals surface area (Å²) in [5.41, 5.74) is 2.36. The fraction of sp³-hybridized carbons (Fsp3) is 0.667. The number of nitrogens with zero attached hydrogens (tertiary/aromatic N) is 4. The molecule has 26 heavy (non-hydrogen) atoms. The Morgan fingerprint density at radius 1 is 1.04 bits per heavy atom. The SMILES string of the molecule is CN(Cc1ccc(N(C)C)cc1)C(=O)CN1CCCC(N2CCCC2)C1. The van der Waals surface area contributed by atoms with Crippen molar-refractivity contribution in [2.75, 3.05) is 58.8 Å². The van der Waals surface area contributed by atoms with Crippen molar-refractivity contribution in [1.82, 2.24) is 14.7 Å². The highest BCUT2D eigenvalue weighted by atomic mass is 16.2. The predicted octanol–water partition coefficient (Wildman–Crippen LogP) is 2.27. The summed E-state index contributed by atoms with van der Waals surface area (Å²) in [5.74, 6) is 0.226. The smallest absolute Gasteiger partial charge is 0.236 e. The molecule has 1 unspecified atom stereocenters. The number of hydrogen-bond acceptors (Lipinski definition) is 4. The third kappa shape index (κ3) is 4.98. The summed E-state index contributed by atoms with van der Waals surface area (Å²) in [6, 6.07) is 9.10. The summed E-state index contributed by atoms with van der Waals surface area (Å²) < 4.78 is 0. The molecule has 2 heterocycles. The van der Waals surface area contributed by atoms with Crippen LogP contribution in [0.25, 0.3) is 0 Å². The molecular formula is C21H34N4O. The Labute approximate surface area is 158 Å². The monoisotopic (exact) mass is 358 g/mol. The van der Waals surface area contributed by atoms with E-state index in [1.54, 1.807) is 0 Å². The maximum Gasteiger partial charge on any atom is 0.236 e. The van der Waals surface area contributed by atoms with Crippen LogP contribution in [0.2, 0.25) is 0 Å². The van der Waals surface area contributed by atoms with E-state index in [2.05, 4.69) is 39.0 Å². The summed E-state index contributed by atoms with van der Waals surface area (Å²) in [6.07, 6.45) is 5.18. The van der Waals surface area contributed by atoms with Gasteiger partial charge in [0.1, 0.15) is 0 Å². The summed E-state index contributed by atoms with van der Waals surface area (Å²) >= 11 is 0. The second kappa shape index (κ2) is 8.87. The normalized spacial score (nSPS) is 21.7. The second-order valence-electron chi connectivity index (χ2n) is 8.08. The first-order valence-electron chi connectivity index (χ1n) is 9.99. The van der Waals surface area contributed by atoms with Gasteiger partial charge in [0.2, 0.25) is 5.91 Å². The molecule has 5 heteroatoms. The van der Waals surface area contributed by atoms with Gasteiger partial charge in [0.25, 0.3) is 0 Å². The highest BCUT2D eigenvalue weighted by Crippen LogP contribution is 2.20. The van der Waals surface area contributed by atoms with Gasteiger partial charge in [0.15, 0.2) is 0 Å². The minimum Gasteiger partial charge on any atom is -0.378 e. The molecule has 3 rings (SSSR count). The van der Waals surface area contributed by atoms with Crippen molar-refractivity contribution in [3.63, 3.8) is 0 Å². The van der Waals surface area contributed by atoms with E-state index in [0.717, 1.165) is 13.1 Å². The molecule has 5 nitrogen and oxygen atoms in total. The zero-order valence-electron chi connectivity index (χ0n) is 16.7. The van der Waals surface area contributed by atoms with E-state index < -0.39 is 0 Å². The number of likely N-dealkylation sites (tertiary alicyclic amines) is 2. The predicted molar refractivity (Wildman–Crippen MR) is 108 cm³/mol. The number of anilines is 1. The summed E-state index contributed by atoms with van der Waals surface area (Å²) in [6.45, 7) is 5.83. The summed E-state index contributed by atoms with van der Waals surface area (Å²) in [7, 11) is 6.00. The Balaban J connectivity index is 1.48. The molecule has 0 radical (unpaired) electrons. The maximum atomic E-state index is 12.7. The van der Waals surface area contributed by atoms with Crippen LogP contribution in [0, 0.1) is 0 Å². The van der Waals surface area contributed by atoms with E-state index in [1.165, 1.54) is 50.0 Å². The van der Waals surface area contributed by atoms with Crippen LogP contribution in [0.3, 0.4) is 0 Å². The first-order chi connectivity index (χ1) is 12.5. The first kappa shape index (κ1) is 19.2. The van der Waals surface area contributed by atoms with Gasteiger partial charge in [-0.15, -0.1) is 0 Å². The number of hydrogen-bond donors (Lipinski definition) is 0. The molecule has 2 saturated heterocycles. The topological polar surface area (TPSA) is 30.0 Å². The molecule has 0 spiro atoms. The van der Waals surface area contributed by atoms with Gasteiger partial charge in [-0.25, -0.2) is 0 Å². The highest BCUT2D eigenvalue weighted by molar-refractivity contribution is 5.78. The van der Waals surface area contributed by atoms with Crippen molar-refractivity contribution in [3.8, 4) is 0 Å². The number of carbonyl (C=O) groups is 1. The lowest BCUT2D eigenvalue weighted by atomic mass is 10.0. The molecule has 2 fully saturated rings. The van der Waals surface area contributed by atoms with Crippen LogP contribution in [-0.4, -0.2) is 80.5 Å². The number of carbonyl (C=O) groups excluding carboxylic acids is 1. The van der Waals surface area contributed by atoms with Crippen LogP contribution < -0.4 is 4.90 Å². The van der Waals surface area contributed by atoms with Crippen molar-refractivity contribution in [2.24, 2.45) is 0 Å². The Morgan fingerprint density at radius 3 is 2.38 bits per heavy atom. The van der Waals surface area contributed by atoms with Gasteiger partial charge in [-0.1, -0.05) is 12.1 Å². The van der Waals surface area contributed by atoms with E-state index in [-0.39, 0.29) is 5.91 Å². The lowest BCUT2D eigenvalue weighted by Gasteiger charge is -2.37. The molecule has 1 aromatic carbocycles. The van der Waals surface area contributed by atoms with Crippen molar-refractivity contribution in [3.05, 3.63) is 29.8 Å². The molecule has 0 bridgehead atoms. The number of likely N-dealkylation sites (N-methyl/N-ethyl adjacent to an activating group) is 1. The lowest BCUT2D eigenvalue weighted by Crippen LogP contribution is -2.49. The van der Waals surface area contributed by atoms with E-state index in [1.807, 2.05) is 26.0 Å². The molecule has 2 aliphatic heterocycles. The molecule has 144 valence electrons. The standard InChI is InChI=1S/C21H34N4O/c1-22(2)19-10-8-18(9-11-19)15-23(3)21(26)17-24-12-6-7-20(16-24)25-13-4-5-14-25/h8-11,20H,4-7,12-17H2,1-3H3. The molecule has 1 aromatic rings. The van der Waals surface area contributed by atoms with Gasteiger partial charge in [0, 0.05) is 46.0 Å². The maximum absolute atomic E-state index is 12.7. The number of amides is 1. The molecule has 0 saturated carbocycles. The third-order valence-electron chi connectivity index (χ3n) is 5.79. The van der Waals surface area contributed by atoms with Gasteiger partial charge >= 0.3 is 0 Å². The summed E-state index contributed by atoms with van der Waals surface area (Å²) in [4.78, 5) is 21.6. The van der Waals surface area contributed by atoms with Crippen LogP contribution in [0.1, 0.15) is 31.2 Å². The van der Waals surface area contributed by atoms with Gasteiger partial charge in [-0.05, 0) is 63.0 Å². The Kier molecular flexibility index (Phi) is 6.54. The fourth-order valence-electron chi connectivity index (χ4n) is 4.15. The van der Waals surface area contributed by atoms with Gasteiger partial charge in [-0.2, -0.15) is 0 Å². The van der Waals surface area contributed by atoms with E-state index in [0.29, 0.717) is 19.1 Å². The number of benzene rings is 1. The number of rotatable bonds is 6. The molecule has 2 aliphatic rings. The second-order valence-corrected chi connectivity index (χ2v) is 8.08. The van der Waals surface area contributed by atoms with Crippen LogP contribution in [-0.2, 0) is 11.3 Å². The zero-order valence-corrected chi connectivity index (χ0v) is 16.7. The van der Waals surface area contributed by atoms with Gasteiger partial charge in [0.05, 0.1) is 6.54 Å². The zero-order chi connectivity index (χ0) is 18.5. The average Bonchev–Trinajstić information content (AvgIpc) is 3.17. The fourth-order valence-corrected chi connectivity index (χ4v) is 4.15. The quantitative estimate of drug-likeness (QED) is 0.780. The highest BCUT2D eigenvalue weighted by Gasteiger charge is 2.28. The van der Waals surface area contributed by atoms with Crippen LogP contribution in [0.15, 0.2) is 24.3 Å². The molecule has 0 aromatic heterocycles. The van der Waals surface area contributed by atoms with Crippen molar-refractivity contribution >= 4 is 11.6 Å². The third-order valence-corrected chi connectivity index (χ3v) is 5.79. The van der Waals surface area contributed by atoms with E-state index >= 15 is 0 Å². The Morgan fingerprint density at radius 2 is 1.73 bits per heavy atom. The van der Waals surface area contributed by atoms with Crippen molar-refractivity contribution in [2.45, 2.75) is 38.3 Å². The van der Waals surface area contributed by atoms with Gasteiger partial charge < -0.3 is 9.80 Å². The van der Waals surface area contributed by atoms with Crippen molar-refractivity contribution in [1.29, 1.82) is 0 Å². The van der Waals surface area contributed by atoms with Crippen LogP contribution >= 0.6 is 0 Å².